The van der Waals surface area contributed by atoms with Crippen molar-refractivity contribution in [1.82, 2.24) is 4.98 Å². The zero-order chi connectivity index (χ0) is 22.5. The van der Waals surface area contributed by atoms with Crippen LogP contribution >= 0.6 is 0 Å². The number of benzene rings is 5. The molecule has 0 aliphatic rings. The maximum Gasteiger partial charge on any atom is 0.119 e. The molecule has 0 saturated carbocycles. The number of nitrogens with one attached hydrogen (secondary N) is 1. The zero-order valence-corrected chi connectivity index (χ0v) is 18.3. The van der Waals surface area contributed by atoms with E-state index in [-0.39, 0.29) is 0 Å². The summed E-state index contributed by atoms with van der Waals surface area (Å²) in [7, 11) is 3.32. The van der Waals surface area contributed by atoms with Gasteiger partial charge in [-0.25, -0.2) is 0 Å². The summed E-state index contributed by atoms with van der Waals surface area (Å²) < 4.78 is 10.9. The highest BCUT2D eigenvalue weighted by atomic mass is 16.5. The van der Waals surface area contributed by atoms with Crippen LogP contribution in [0.15, 0.2) is 78.9 Å². The van der Waals surface area contributed by atoms with E-state index in [1.807, 2.05) is 42.5 Å². The number of nitriles is 1. The van der Waals surface area contributed by atoms with Crippen LogP contribution in [-0.2, 0) is 0 Å². The van der Waals surface area contributed by atoms with Crippen LogP contribution in [0.3, 0.4) is 0 Å². The molecule has 1 heterocycles. The number of nitrogens with zero attached hydrogens (tertiary/aromatic N) is 1. The van der Waals surface area contributed by atoms with Gasteiger partial charge in [0, 0.05) is 27.1 Å². The third-order valence-corrected chi connectivity index (χ3v) is 6.45. The lowest BCUT2D eigenvalue weighted by molar-refractivity contribution is 0.415. The first-order chi connectivity index (χ1) is 16.2. The Hall–Kier alpha value is -4.49. The van der Waals surface area contributed by atoms with Crippen LogP contribution in [0.4, 0.5) is 0 Å². The van der Waals surface area contributed by atoms with Crippen LogP contribution in [0.25, 0.3) is 54.5 Å². The molecule has 158 valence electrons. The summed E-state index contributed by atoms with van der Waals surface area (Å²) in [6, 6.07) is 29.0. The van der Waals surface area contributed by atoms with Gasteiger partial charge in [0.15, 0.2) is 0 Å². The molecule has 1 N–H and O–H groups in total. The second-order valence-electron chi connectivity index (χ2n) is 8.09. The summed E-state index contributed by atoms with van der Waals surface area (Å²) in [6.45, 7) is 0. The van der Waals surface area contributed by atoms with Crippen LogP contribution in [-0.4, -0.2) is 19.2 Å². The minimum atomic E-state index is 0.668. The maximum atomic E-state index is 10.3. The molecule has 0 radical (unpaired) electrons. The smallest absolute Gasteiger partial charge is 0.119 e. The zero-order valence-electron chi connectivity index (χ0n) is 18.3. The third-order valence-electron chi connectivity index (χ3n) is 6.45. The lowest BCUT2D eigenvalue weighted by Gasteiger charge is -2.13. The predicted octanol–water partition coefficient (Wildman–Crippen LogP) is 7.18. The summed E-state index contributed by atoms with van der Waals surface area (Å²) in [5.41, 5.74) is 4.74. The number of rotatable bonds is 3. The van der Waals surface area contributed by atoms with E-state index in [2.05, 4.69) is 47.5 Å². The van der Waals surface area contributed by atoms with E-state index < -0.39 is 0 Å². The maximum absolute atomic E-state index is 10.3. The average molecular weight is 428 g/mol. The highest BCUT2D eigenvalue weighted by molar-refractivity contribution is 6.26. The number of H-pyrrole nitrogens is 1. The van der Waals surface area contributed by atoms with E-state index in [9.17, 15) is 5.26 Å². The average Bonchev–Trinajstić information content (AvgIpc) is 3.26. The topological polar surface area (TPSA) is 58.0 Å². The molecule has 1 aromatic heterocycles. The van der Waals surface area contributed by atoms with Crippen molar-refractivity contribution in [3.63, 3.8) is 0 Å². The number of aromatic amines is 1. The molecule has 33 heavy (non-hydrogen) atoms. The fourth-order valence-corrected chi connectivity index (χ4v) is 4.90. The van der Waals surface area contributed by atoms with E-state index >= 15 is 0 Å². The fourth-order valence-electron chi connectivity index (χ4n) is 4.90. The van der Waals surface area contributed by atoms with Gasteiger partial charge in [-0.3, -0.25) is 0 Å². The molecule has 0 saturated heterocycles. The van der Waals surface area contributed by atoms with Crippen molar-refractivity contribution in [3.8, 4) is 28.7 Å². The van der Waals surface area contributed by atoms with Crippen molar-refractivity contribution in [2.24, 2.45) is 0 Å². The highest BCUT2D eigenvalue weighted by Crippen LogP contribution is 2.44. The predicted molar refractivity (Wildman–Crippen MR) is 134 cm³/mol. The van der Waals surface area contributed by atoms with Crippen molar-refractivity contribution in [2.45, 2.75) is 0 Å². The number of methoxy groups -OCH3 is 2. The molecule has 4 nitrogen and oxygen atoms in total. The number of fused-ring (bicyclic) bond motifs is 6. The van der Waals surface area contributed by atoms with Crippen LogP contribution in [0.2, 0.25) is 0 Å². The Morgan fingerprint density at radius 1 is 0.697 bits per heavy atom. The molecule has 0 unspecified atom stereocenters. The first kappa shape index (κ1) is 19.2. The van der Waals surface area contributed by atoms with Crippen LogP contribution in [0.5, 0.6) is 11.5 Å². The van der Waals surface area contributed by atoms with Gasteiger partial charge in [-0.1, -0.05) is 48.5 Å². The van der Waals surface area contributed by atoms with E-state index in [0.29, 0.717) is 5.56 Å². The minimum Gasteiger partial charge on any atom is -0.497 e. The molecule has 4 heteroatoms. The van der Waals surface area contributed by atoms with Crippen molar-refractivity contribution in [2.75, 3.05) is 14.2 Å². The Bertz CT molecular complexity index is 1740. The van der Waals surface area contributed by atoms with Crippen LogP contribution in [0, 0.1) is 11.3 Å². The Morgan fingerprint density at radius 2 is 1.42 bits per heavy atom. The van der Waals surface area contributed by atoms with Crippen molar-refractivity contribution >= 4 is 43.4 Å². The molecule has 5 aromatic carbocycles. The molecule has 0 amide bonds. The summed E-state index contributed by atoms with van der Waals surface area (Å²) in [5.74, 6) is 1.55. The molecule has 0 atom stereocenters. The largest absolute Gasteiger partial charge is 0.497 e. The molecule has 0 aliphatic carbocycles. The summed E-state index contributed by atoms with van der Waals surface area (Å²) in [4.78, 5) is 3.70. The Labute approximate surface area is 190 Å². The first-order valence-corrected chi connectivity index (χ1v) is 10.7. The molecule has 6 aromatic rings. The molecule has 6 rings (SSSR count). The van der Waals surface area contributed by atoms with E-state index in [1.165, 1.54) is 0 Å². The fraction of sp³-hybridized carbons (Fsp3) is 0.0690. The van der Waals surface area contributed by atoms with Gasteiger partial charge in [-0.05, 0) is 46.7 Å². The Kier molecular flexibility index (Phi) is 4.24. The quantitative estimate of drug-likeness (QED) is 0.325. The van der Waals surface area contributed by atoms with E-state index in [1.54, 1.807) is 14.2 Å². The van der Waals surface area contributed by atoms with Gasteiger partial charge in [0.05, 0.1) is 30.8 Å². The standard InChI is InChI=1S/C29H20N2O2/c1-32-19-10-7-18(8-11-19)26-24-15-20(33-2)12-14-22(24)25(16-30)27-23-13-9-17-5-3-4-6-21(17)28(23)31-29(26)27/h3-15,31H,1-2H3. The molecule has 0 bridgehead atoms. The number of ether oxygens (including phenoxy) is 2. The van der Waals surface area contributed by atoms with Gasteiger partial charge in [-0.15, -0.1) is 0 Å². The van der Waals surface area contributed by atoms with Crippen molar-refractivity contribution < 1.29 is 9.47 Å². The summed E-state index contributed by atoms with van der Waals surface area (Å²) >= 11 is 0. The van der Waals surface area contributed by atoms with Crippen LogP contribution in [0.1, 0.15) is 5.56 Å². The normalized spacial score (nSPS) is 11.3. The van der Waals surface area contributed by atoms with Gasteiger partial charge in [0.25, 0.3) is 0 Å². The van der Waals surface area contributed by atoms with Gasteiger partial charge in [0.1, 0.15) is 17.6 Å². The number of hydrogen-bond donors (Lipinski definition) is 1. The minimum absolute atomic E-state index is 0.668. The lowest BCUT2D eigenvalue weighted by Crippen LogP contribution is -1.91. The van der Waals surface area contributed by atoms with Gasteiger partial charge in [0.2, 0.25) is 0 Å². The van der Waals surface area contributed by atoms with E-state index in [0.717, 1.165) is 66.0 Å². The third kappa shape index (κ3) is 2.76. The van der Waals surface area contributed by atoms with Gasteiger partial charge < -0.3 is 14.5 Å². The van der Waals surface area contributed by atoms with Gasteiger partial charge >= 0.3 is 0 Å². The monoisotopic (exact) mass is 428 g/mol. The lowest BCUT2D eigenvalue weighted by atomic mass is 9.91. The summed E-state index contributed by atoms with van der Waals surface area (Å²) in [6.07, 6.45) is 0. The molecular formula is C29H20N2O2. The molecular weight excluding hydrogens is 408 g/mol. The first-order valence-electron chi connectivity index (χ1n) is 10.7. The number of aromatic nitrogens is 1. The molecule has 0 spiro atoms. The second kappa shape index (κ2) is 7.29. The second-order valence-corrected chi connectivity index (χ2v) is 8.09. The molecule has 0 fully saturated rings. The SMILES string of the molecule is COc1ccc(-c2c3cc(OC)ccc3c(C#N)c3c2[nH]c2c4ccccc4ccc23)cc1. The Balaban J connectivity index is 1.87. The Morgan fingerprint density at radius 3 is 2.18 bits per heavy atom. The van der Waals surface area contributed by atoms with Crippen LogP contribution < -0.4 is 9.47 Å². The van der Waals surface area contributed by atoms with Crippen molar-refractivity contribution in [1.29, 1.82) is 5.26 Å². The van der Waals surface area contributed by atoms with E-state index in [4.69, 9.17) is 9.47 Å². The highest BCUT2D eigenvalue weighted by Gasteiger charge is 2.20. The number of hydrogen-bond acceptors (Lipinski definition) is 3. The van der Waals surface area contributed by atoms with Crippen molar-refractivity contribution in [3.05, 3.63) is 84.4 Å². The van der Waals surface area contributed by atoms with Gasteiger partial charge in [-0.2, -0.15) is 5.26 Å². The summed E-state index contributed by atoms with van der Waals surface area (Å²) in [5, 5.41) is 16.4. The molecule has 0 aliphatic heterocycles.